The highest BCUT2D eigenvalue weighted by Gasteiger charge is 2.37. The number of hydrogen-bond donors (Lipinski definition) is 2. The molecule has 5 nitrogen and oxygen atoms in total. The Morgan fingerprint density at radius 3 is 2.71 bits per heavy atom. The highest BCUT2D eigenvalue weighted by Crippen LogP contribution is 2.38. The molecule has 0 aliphatic carbocycles. The minimum absolute atomic E-state index is 0.316. The van der Waals surface area contributed by atoms with Gasteiger partial charge in [0, 0.05) is 18.6 Å². The minimum Gasteiger partial charge on any atom is -0.411 e. The molecule has 0 radical (unpaired) electrons. The van der Waals surface area contributed by atoms with Crippen LogP contribution < -0.4 is 5.32 Å². The van der Waals surface area contributed by atoms with Crippen molar-refractivity contribution in [2.45, 2.75) is 44.2 Å². The zero-order valence-corrected chi connectivity index (χ0v) is 10.3. The number of amides is 1. The number of fused-ring (bicyclic) bond motifs is 2. The Bertz CT molecular complexity index is 292. The van der Waals surface area contributed by atoms with E-state index in [-0.39, 0.29) is 5.91 Å². The predicted octanol–water partition coefficient (Wildman–Crippen LogP) is 0.825. The Balaban J connectivity index is 1.69. The van der Waals surface area contributed by atoms with Crippen molar-refractivity contribution in [3.05, 3.63) is 0 Å². The van der Waals surface area contributed by atoms with Crippen molar-refractivity contribution in [1.82, 2.24) is 10.2 Å². The molecule has 2 rings (SSSR count). The molecule has 2 unspecified atom stereocenters. The first-order valence-corrected chi connectivity index (χ1v) is 6.38. The summed E-state index contributed by atoms with van der Waals surface area (Å²) in [5.41, 5.74) is 0. The number of nitrogens with one attached hydrogen (secondary N) is 1. The van der Waals surface area contributed by atoms with Crippen LogP contribution in [0, 0.1) is 5.92 Å². The molecule has 2 heterocycles. The Morgan fingerprint density at radius 1 is 1.47 bits per heavy atom. The molecular weight excluding hydrogens is 218 g/mol. The SMILES string of the molecule is CN1C2CCC1CC(CCNC(=O)/C=N\O)C2. The summed E-state index contributed by atoms with van der Waals surface area (Å²) in [6.45, 7) is 0.679. The largest absolute Gasteiger partial charge is 0.411 e. The fourth-order valence-electron chi connectivity index (χ4n) is 3.26. The van der Waals surface area contributed by atoms with E-state index in [0.29, 0.717) is 6.54 Å². The van der Waals surface area contributed by atoms with Crippen molar-refractivity contribution >= 4 is 12.1 Å². The van der Waals surface area contributed by atoms with E-state index in [9.17, 15) is 4.79 Å². The van der Waals surface area contributed by atoms with E-state index in [0.717, 1.165) is 30.6 Å². The summed E-state index contributed by atoms with van der Waals surface area (Å²) in [7, 11) is 2.23. The van der Waals surface area contributed by atoms with Crippen molar-refractivity contribution in [2.75, 3.05) is 13.6 Å². The summed E-state index contributed by atoms with van der Waals surface area (Å²) >= 11 is 0. The molecule has 2 N–H and O–H groups in total. The number of nitrogens with zero attached hydrogens (tertiary/aromatic N) is 2. The van der Waals surface area contributed by atoms with Crippen molar-refractivity contribution in [3.63, 3.8) is 0 Å². The Labute approximate surface area is 102 Å². The van der Waals surface area contributed by atoms with Gasteiger partial charge in [-0.3, -0.25) is 4.79 Å². The van der Waals surface area contributed by atoms with E-state index in [2.05, 4.69) is 22.4 Å². The van der Waals surface area contributed by atoms with Gasteiger partial charge in [0.2, 0.25) is 0 Å². The second-order valence-corrected chi connectivity index (χ2v) is 5.21. The fourth-order valence-corrected chi connectivity index (χ4v) is 3.26. The molecule has 2 fully saturated rings. The van der Waals surface area contributed by atoms with Crippen LogP contribution in [0.4, 0.5) is 0 Å². The molecule has 2 bridgehead atoms. The van der Waals surface area contributed by atoms with Crippen LogP contribution in [-0.2, 0) is 4.79 Å². The van der Waals surface area contributed by atoms with Crippen LogP contribution in [0.3, 0.4) is 0 Å². The third kappa shape index (κ3) is 2.97. The average molecular weight is 239 g/mol. The number of carbonyl (C=O) groups excluding carboxylic acids is 1. The van der Waals surface area contributed by atoms with Crippen molar-refractivity contribution in [2.24, 2.45) is 11.1 Å². The van der Waals surface area contributed by atoms with Crippen molar-refractivity contribution < 1.29 is 10.0 Å². The maximum atomic E-state index is 11.0. The maximum absolute atomic E-state index is 11.0. The van der Waals surface area contributed by atoms with Gasteiger partial charge in [0.15, 0.2) is 0 Å². The molecule has 0 saturated carbocycles. The third-order valence-electron chi connectivity index (χ3n) is 4.22. The first-order chi connectivity index (χ1) is 8.20. The number of piperidine rings is 1. The molecule has 1 amide bonds. The zero-order chi connectivity index (χ0) is 12.3. The van der Waals surface area contributed by atoms with Gasteiger partial charge < -0.3 is 15.4 Å². The topological polar surface area (TPSA) is 64.9 Å². The average Bonchev–Trinajstić information content (AvgIpc) is 2.53. The Kier molecular flexibility index (Phi) is 3.99. The molecule has 2 atom stereocenters. The fraction of sp³-hybridized carbons (Fsp3) is 0.833. The van der Waals surface area contributed by atoms with Gasteiger partial charge in [0.05, 0.1) is 0 Å². The van der Waals surface area contributed by atoms with Crippen molar-refractivity contribution in [1.29, 1.82) is 0 Å². The monoisotopic (exact) mass is 239 g/mol. The number of rotatable bonds is 4. The van der Waals surface area contributed by atoms with E-state index in [1.807, 2.05) is 0 Å². The first-order valence-electron chi connectivity index (χ1n) is 6.38. The van der Waals surface area contributed by atoms with E-state index < -0.39 is 0 Å². The Hall–Kier alpha value is -1.10. The minimum atomic E-state index is -0.316. The van der Waals surface area contributed by atoms with Crippen molar-refractivity contribution in [3.8, 4) is 0 Å². The van der Waals surface area contributed by atoms with Gasteiger partial charge in [-0.2, -0.15) is 0 Å². The summed E-state index contributed by atoms with van der Waals surface area (Å²) in [5, 5.41) is 13.6. The Morgan fingerprint density at radius 2 is 2.12 bits per heavy atom. The molecule has 2 saturated heterocycles. The molecule has 0 aromatic carbocycles. The molecule has 96 valence electrons. The molecule has 2 aliphatic rings. The predicted molar refractivity (Wildman–Crippen MR) is 65.2 cm³/mol. The van der Waals surface area contributed by atoms with Gasteiger partial charge in [-0.25, -0.2) is 0 Å². The number of carbonyl (C=O) groups is 1. The van der Waals surface area contributed by atoms with Gasteiger partial charge in [-0.1, -0.05) is 5.16 Å². The smallest absolute Gasteiger partial charge is 0.265 e. The molecule has 5 heteroatoms. The zero-order valence-electron chi connectivity index (χ0n) is 10.3. The van der Waals surface area contributed by atoms with Gasteiger partial charge in [0.1, 0.15) is 6.21 Å². The van der Waals surface area contributed by atoms with E-state index in [1.165, 1.54) is 25.7 Å². The third-order valence-corrected chi connectivity index (χ3v) is 4.22. The van der Waals surface area contributed by atoms with Gasteiger partial charge in [-0.15, -0.1) is 0 Å². The summed E-state index contributed by atoms with van der Waals surface area (Å²) in [4.78, 5) is 13.6. The first kappa shape index (κ1) is 12.4. The highest BCUT2D eigenvalue weighted by molar-refractivity contribution is 6.25. The van der Waals surface area contributed by atoms with E-state index in [4.69, 9.17) is 5.21 Å². The lowest BCUT2D eigenvalue weighted by Gasteiger charge is -2.36. The van der Waals surface area contributed by atoms with Gasteiger partial charge in [0.25, 0.3) is 5.91 Å². The second-order valence-electron chi connectivity index (χ2n) is 5.21. The maximum Gasteiger partial charge on any atom is 0.265 e. The molecule has 17 heavy (non-hydrogen) atoms. The quantitative estimate of drug-likeness (QED) is 0.434. The number of oxime groups is 1. The molecular formula is C12H21N3O2. The normalized spacial score (nSPS) is 33.1. The van der Waals surface area contributed by atoms with Gasteiger partial charge >= 0.3 is 0 Å². The highest BCUT2D eigenvalue weighted by atomic mass is 16.4. The summed E-state index contributed by atoms with van der Waals surface area (Å²) in [6, 6.07) is 1.52. The molecule has 0 aromatic rings. The summed E-state index contributed by atoms with van der Waals surface area (Å²) in [5.74, 6) is 0.415. The van der Waals surface area contributed by atoms with Crippen LogP contribution in [0.5, 0.6) is 0 Å². The summed E-state index contributed by atoms with van der Waals surface area (Å²) in [6.07, 6.45) is 7.13. The molecule has 2 aliphatic heterocycles. The van der Waals surface area contributed by atoms with Crippen LogP contribution >= 0.6 is 0 Å². The molecule has 0 spiro atoms. The van der Waals surface area contributed by atoms with Crippen LogP contribution in [0.1, 0.15) is 32.1 Å². The van der Waals surface area contributed by atoms with Crippen LogP contribution in [0.15, 0.2) is 5.16 Å². The standard InChI is InChI=1S/C12H21N3O2/c1-15-10-2-3-11(15)7-9(6-10)4-5-13-12(16)8-14-17/h8-11,17H,2-7H2,1H3,(H,13,16)/b14-8-. The van der Waals surface area contributed by atoms with Gasteiger partial charge in [-0.05, 0) is 45.1 Å². The van der Waals surface area contributed by atoms with E-state index >= 15 is 0 Å². The lowest BCUT2D eigenvalue weighted by molar-refractivity contribution is -0.114. The lowest BCUT2D eigenvalue weighted by atomic mass is 9.88. The lowest BCUT2D eigenvalue weighted by Crippen LogP contribution is -2.40. The van der Waals surface area contributed by atoms with Crippen LogP contribution in [0.25, 0.3) is 0 Å². The van der Waals surface area contributed by atoms with Crippen LogP contribution in [-0.4, -0.2) is 47.9 Å². The van der Waals surface area contributed by atoms with E-state index in [1.54, 1.807) is 0 Å². The molecule has 0 aromatic heterocycles. The summed E-state index contributed by atoms with van der Waals surface area (Å²) < 4.78 is 0. The number of hydrogen-bond acceptors (Lipinski definition) is 4. The second kappa shape index (κ2) is 5.49. The van der Waals surface area contributed by atoms with Crippen LogP contribution in [0.2, 0.25) is 0 Å².